The smallest absolute Gasteiger partial charge is 0.346 e. The number of nitrogens with one attached hydrogen (secondary N) is 1. The average molecular weight is 408 g/mol. The van der Waals surface area contributed by atoms with E-state index in [1.807, 2.05) is 0 Å². The molecule has 1 aromatic carbocycles. The molecule has 1 aromatic rings. The van der Waals surface area contributed by atoms with E-state index < -0.39 is 28.6 Å². The first-order valence-electron chi connectivity index (χ1n) is 9.79. The maximum atomic E-state index is 12.6. The molecule has 160 valence electrons. The number of hydrogen-bond donors (Lipinski definition) is 1. The molecule has 9 heteroatoms. The fraction of sp³-hybridized carbons (Fsp3) is 0.600. The van der Waals surface area contributed by atoms with E-state index in [1.54, 1.807) is 6.92 Å². The van der Waals surface area contributed by atoms with Gasteiger partial charge in [0, 0.05) is 12.1 Å². The number of carbonyl (C=O) groups excluding carboxylic acids is 2. The van der Waals surface area contributed by atoms with E-state index in [9.17, 15) is 19.7 Å². The molecule has 0 heterocycles. The van der Waals surface area contributed by atoms with Crippen LogP contribution in [0.5, 0.6) is 11.5 Å². The first-order valence-corrected chi connectivity index (χ1v) is 9.79. The van der Waals surface area contributed by atoms with Gasteiger partial charge in [-0.2, -0.15) is 0 Å². The number of benzene rings is 1. The SMILES string of the molecule is CCOc1cc([N+](=O)[O-])c(C(=O)O[C@@H](C)C(=O)N[C@@H]2CCCC[C@@H]2C)cc1OC. The maximum Gasteiger partial charge on any atom is 0.346 e. The molecule has 3 atom stereocenters. The van der Waals surface area contributed by atoms with Crippen molar-refractivity contribution in [3.63, 3.8) is 0 Å². The summed E-state index contributed by atoms with van der Waals surface area (Å²) in [6.07, 6.45) is 3.02. The van der Waals surface area contributed by atoms with Crippen LogP contribution in [-0.4, -0.2) is 42.7 Å². The zero-order valence-electron chi connectivity index (χ0n) is 17.2. The summed E-state index contributed by atoms with van der Waals surface area (Å²) in [6.45, 7) is 5.52. The van der Waals surface area contributed by atoms with E-state index in [0.717, 1.165) is 31.7 Å². The molecular formula is C20H28N2O7. The molecule has 1 aliphatic carbocycles. The lowest BCUT2D eigenvalue weighted by molar-refractivity contribution is -0.385. The van der Waals surface area contributed by atoms with Gasteiger partial charge in [0.15, 0.2) is 17.6 Å². The Morgan fingerprint density at radius 2 is 1.97 bits per heavy atom. The summed E-state index contributed by atoms with van der Waals surface area (Å²) in [4.78, 5) is 35.7. The van der Waals surface area contributed by atoms with Crippen molar-refractivity contribution >= 4 is 17.6 Å². The summed E-state index contributed by atoms with van der Waals surface area (Å²) in [5, 5.41) is 14.3. The fourth-order valence-corrected chi connectivity index (χ4v) is 3.40. The molecule has 0 spiro atoms. The van der Waals surface area contributed by atoms with Crippen molar-refractivity contribution in [2.75, 3.05) is 13.7 Å². The van der Waals surface area contributed by atoms with Gasteiger partial charge in [0.2, 0.25) is 0 Å². The van der Waals surface area contributed by atoms with E-state index in [-0.39, 0.29) is 29.7 Å². The largest absolute Gasteiger partial charge is 0.493 e. The van der Waals surface area contributed by atoms with Crippen LogP contribution in [0.25, 0.3) is 0 Å². The van der Waals surface area contributed by atoms with Crippen molar-refractivity contribution in [1.82, 2.24) is 5.32 Å². The molecule has 1 amide bonds. The van der Waals surface area contributed by atoms with Crippen LogP contribution in [0.2, 0.25) is 0 Å². The number of nitro benzene ring substituents is 1. The highest BCUT2D eigenvalue weighted by atomic mass is 16.6. The molecule has 0 saturated heterocycles. The zero-order valence-corrected chi connectivity index (χ0v) is 17.2. The van der Waals surface area contributed by atoms with Crippen molar-refractivity contribution in [3.8, 4) is 11.5 Å². The van der Waals surface area contributed by atoms with E-state index in [0.29, 0.717) is 5.92 Å². The topological polar surface area (TPSA) is 117 Å². The number of carbonyl (C=O) groups is 2. The van der Waals surface area contributed by atoms with E-state index in [1.165, 1.54) is 20.1 Å². The summed E-state index contributed by atoms with van der Waals surface area (Å²) in [5.74, 6) is -0.727. The van der Waals surface area contributed by atoms with E-state index >= 15 is 0 Å². The number of esters is 1. The molecule has 1 aliphatic rings. The highest BCUT2D eigenvalue weighted by Gasteiger charge is 2.30. The normalized spacial score (nSPS) is 19.7. The molecule has 0 unspecified atom stereocenters. The second-order valence-electron chi connectivity index (χ2n) is 7.13. The minimum Gasteiger partial charge on any atom is -0.493 e. The van der Waals surface area contributed by atoms with Crippen LogP contribution in [-0.2, 0) is 9.53 Å². The molecule has 0 radical (unpaired) electrons. The monoisotopic (exact) mass is 408 g/mol. The summed E-state index contributed by atoms with van der Waals surface area (Å²) >= 11 is 0. The maximum absolute atomic E-state index is 12.6. The lowest BCUT2D eigenvalue weighted by Crippen LogP contribution is -2.46. The molecule has 0 aromatic heterocycles. The van der Waals surface area contributed by atoms with Crippen LogP contribution < -0.4 is 14.8 Å². The first-order chi connectivity index (χ1) is 13.8. The van der Waals surface area contributed by atoms with Gasteiger partial charge in [-0.25, -0.2) is 4.79 Å². The van der Waals surface area contributed by atoms with Crippen LogP contribution in [0.1, 0.15) is 56.8 Å². The van der Waals surface area contributed by atoms with E-state index in [2.05, 4.69) is 12.2 Å². The summed E-state index contributed by atoms with van der Waals surface area (Å²) in [7, 11) is 1.36. The fourth-order valence-electron chi connectivity index (χ4n) is 3.40. The number of methoxy groups -OCH3 is 1. The second-order valence-corrected chi connectivity index (χ2v) is 7.13. The van der Waals surface area contributed by atoms with Crippen molar-refractivity contribution < 1.29 is 28.7 Å². The lowest BCUT2D eigenvalue weighted by Gasteiger charge is -2.30. The quantitative estimate of drug-likeness (QED) is 0.399. The second kappa shape index (κ2) is 10.1. The third-order valence-corrected chi connectivity index (χ3v) is 5.09. The molecule has 1 saturated carbocycles. The Labute approximate surface area is 169 Å². The highest BCUT2D eigenvalue weighted by molar-refractivity contribution is 5.96. The molecular weight excluding hydrogens is 380 g/mol. The summed E-state index contributed by atoms with van der Waals surface area (Å²) < 4.78 is 15.7. The number of nitro groups is 1. The Morgan fingerprint density at radius 1 is 1.28 bits per heavy atom. The number of amides is 1. The molecule has 29 heavy (non-hydrogen) atoms. The van der Waals surface area contributed by atoms with Crippen LogP contribution >= 0.6 is 0 Å². The molecule has 9 nitrogen and oxygen atoms in total. The lowest BCUT2D eigenvalue weighted by atomic mass is 9.86. The van der Waals surface area contributed by atoms with Gasteiger partial charge in [0.1, 0.15) is 5.56 Å². The van der Waals surface area contributed by atoms with Crippen LogP contribution in [0, 0.1) is 16.0 Å². The summed E-state index contributed by atoms with van der Waals surface area (Å²) in [5.41, 5.74) is -0.784. The van der Waals surface area contributed by atoms with Crippen LogP contribution in [0.3, 0.4) is 0 Å². The Bertz CT molecular complexity index is 765. The van der Waals surface area contributed by atoms with Gasteiger partial charge < -0.3 is 19.5 Å². The summed E-state index contributed by atoms with van der Waals surface area (Å²) in [6, 6.07) is 2.35. The molecule has 1 N–H and O–H groups in total. The van der Waals surface area contributed by atoms with Crippen molar-refractivity contribution in [2.45, 2.75) is 58.6 Å². The van der Waals surface area contributed by atoms with Crippen LogP contribution in [0.4, 0.5) is 5.69 Å². The van der Waals surface area contributed by atoms with Gasteiger partial charge in [-0.1, -0.05) is 19.8 Å². The zero-order chi connectivity index (χ0) is 21.6. The van der Waals surface area contributed by atoms with Gasteiger partial charge >= 0.3 is 5.97 Å². The minimum atomic E-state index is -1.09. The van der Waals surface area contributed by atoms with Crippen molar-refractivity contribution in [1.29, 1.82) is 0 Å². The Balaban J connectivity index is 2.15. The average Bonchev–Trinajstić information content (AvgIpc) is 2.69. The third-order valence-electron chi connectivity index (χ3n) is 5.09. The molecule has 0 aliphatic heterocycles. The van der Waals surface area contributed by atoms with Crippen molar-refractivity contribution in [3.05, 3.63) is 27.8 Å². The number of hydrogen-bond acceptors (Lipinski definition) is 7. The van der Waals surface area contributed by atoms with Gasteiger partial charge in [-0.3, -0.25) is 14.9 Å². The van der Waals surface area contributed by atoms with E-state index in [4.69, 9.17) is 14.2 Å². The number of ether oxygens (including phenoxy) is 3. The van der Waals surface area contributed by atoms with Gasteiger partial charge in [-0.15, -0.1) is 0 Å². The number of rotatable bonds is 8. The molecule has 0 bridgehead atoms. The molecule has 1 fully saturated rings. The highest BCUT2D eigenvalue weighted by Crippen LogP contribution is 2.35. The Morgan fingerprint density at radius 3 is 2.55 bits per heavy atom. The first kappa shape index (κ1) is 22.4. The molecule has 2 rings (SSSR count). The predicted molar refractivity (Wildman–Crippen MR) is 105 cm³/mol. The Kier molecular flexibility index (Phi) is 7.81. The third kappa shape index (κ3) is 5.58. The predicted octanol–water partition coefficient (Wildman–Crippen LogP) is 3.24. The standard InChI is InChI=1S/C20H28N2O7/c1-5-28-18-11-16(22(25)26)14(10-17(18)27-4)20(24)29-13(3)19(23)21-15-9-7-6-8-12(15)2/h10-13,15H,5-9H2,1-4H3,(H,21,23)/t12-,13-,15+/m0/s1. The number of nitrogens with zero attached hydrogens (tertiary/aromatic N) is 1. The van der Waals surface area contributed by atoms with Gasteiger partial charge in [0.25, 0.3) is 11.6 Å². The van der Waals surface area contributed by atoms with Gasteiger partial charge in [0.05, 0.1) is 24.7 Å². The Hall–Kier alpha value is -2.84. The van der Waals surface area contributed by atoms with Gasteiger partial charge in [-0.05, 0) is 32.6 Å². The van der Waals surface area contributed by atoms with Crippen LogP contribution in [0.15, 0.2) is 12.1 Å². The minimum absolute atomic E-state index is 0.0392. The van der Waals surface area contributed by atoms with Crippen molar-refractivity contribution in [2.24, 2.45) is 5.92 Å².